The summed E-state index contributed by atoms with van der Waals surface area (Å²) in [6.45, 7) is 8.95. The van der Waals surface area contributed by atoms with Crippen LogP contribution in [0, 0.1) is 0 Å². The van der Waals surface area contributed by atoms with Crippen LogP contribution in [0.1, 0.15) is 101 Å². The smallest absolute Gasteiger partial charge is 1.00 e. The minimum atomic E-state index is 0. The van der Waals surface area contributed by atoms with E-state index in [1.165, 1.54) is 165 Å². The van der Waals surface area contributed by atoms with Crippen LogP contribution in [0.2, 0.25) is 0 Å². The van der Waals surface area contributed by atoms with Crippen LogP contribution in [0.15, 0.2) is 219 Å². The molecule has 0 atom stereocenters. The summed E-state index contributed by atoms with van der Waals surface area (Å²) < 4.78 is 0. The van der Waals surface area contributed by atoms with Crippen LogP contribution in [0.4, 0.5) is 0 Å². The van der Waals surface area contributed by atoms with Crippen molar-refractivity contribution in [2.45, 2.75) is 105 Å². The van der Waals surface area contributed by atoms with Crippen molar-refractivity contribution in [3.05, 3.63) is 241 Å². The Hall–Kier alpha value is -5.73. The van der Waals surface area contributed by atoms with E-state index in [0.29, 0.717) is 0 Å². The van der Waals surface area contributed by atoms with Crippen molar-refractivity contribution in [2.75, 3.05) is 0 Å². The second kappa shape index (κ2) is 33.9. The average molecular weight is 1250 g/mol. The summed E-state index contributed by atoms with van der Waals surface area (Å²) in [7, 11) is 0. The van der Waals surface area contributed by atoms with E-state index in [1.807, 2.05) is 73.3 Å². The molecule has 0 aliphatic heterocycles. The maximum atomic E-state index is 4.47. The van der Waals surface area contributed by atoms with E-state index < -0.39 is 0 Å². The van der Waals surface area contributed by atoms with E-state index >= 15 is 0 Å². The molecule has 0 saturated carbocycles. The van der Waals surface area contributed by atoms with Gasteiger partial charge in [-0.05, 0) is 96.5 Å². The summed E-state index contributed by atoms with van der Waals surface area (Å²) in [4.78, 5) is 17.9. The summed E-state index contributed by atoms with van der Waals surface area (Å²) in [6.07, 6.45) is 22.1. The Morgan fingerprint density at radius 3 is 0.700 bits per heavy atom. The van der Waals surface area contributed by atoms with E-state index in [-0.39, 0.29) is 77.2 Å². The van der Waals surface area contributed by atoms with Crippen LogP contribution < -0.4 is 24.8 Å². The van der Waals surface area contributed by atoms with Crippen LogP contribution in [0.5, 0.6) is 0 Å². The molecule has 12 aromatic rings. The third kappa shape index (κ3) is 17.2. The van der Waals surface area contributed by atoms with E-state index in [1.54, 1.807) is 0 Å². The average Bonchev–Trinajstić information content (AvgIpc) is 4.32. The molecule has 0 aliphatic rings. The van der Waals surface area contributed by atoms with Gasteiger partial charge in [-0.15, -0.1) is 138 Å². The SMILES string of the molecule is CCCCc1cc2c(-c3ccccn3)cccc2[cH-]1.CCCCc1cc2c(-c3ccccn3)cccc2[cH-]1.CCCCc1cc2c(-c3ccccn3)cccc2[cH-]1.CCCCc1cc2c(-c3ccccn3)cccc2[cH-]1.[Cl-].[Cl-].[Zr+2].[Zr+2]. The Balaban J connectivity index is 0.000000193. The van der Waals surface area contributed by atoms with Gasteiger partial charge in [-0.25, -0.2) is 0 Å². The second-order valence-corrected chi connectivity index (χ2v) is 20.0. The Kier molecular flexibility index (Phi) is 27.6. The predicted octanol–water partition coefficient (Wildman–Crippen LogP) is 13.9. The van der Waals surface area contributed by atoms with Gasteiger partial charge < -0.3 is 24.8 Å². The Bertz CT molecular complexity index is 3170. The van der Waals surface area contributed by atoms with Gasteiger partial charge in [0.1, 0.15) is 0 Å². The van der Waals surface area contributed by atoms with Gasteiger partial charge in [0.25, 0.3) is 0 Å². The summed E-state index contributed by atoms with van der Waals surface area (Å²) in [5.74, 6) is 0. The van der Waals surface area contributed by atoms with E-state index in [9.17, 15) is 0 Å². The topological polar surface area (TPSA) is 51.6 Å². The summed E-state index contributed by atoms with van der Waals surface area (Å²) in [6, 6.07) is 68.8. The molecule has 12 rings (SSSR count). The molecular weight excluding hydrogens is 1170 g/mol. The fourth-order valence-electron chi connectivity index (χ4n) is 10.3. The molecule has 8 aromatic carbocycles. The number of fused-ring (bicyclic) bond motifs is 4. The van der Waals surface area contributed by atoms with Gasteiger partial charge in [0.2, 0.25) is 0 Å². The number of aromatic nitrogens is 4. The molecule has 4 nitrogen and oxygen atoms in total. The Labute approximate surface area is 526 Å². The standard InChI is InChI=1S/4C18H18N.2ClH.2Zr/c4*1-2-3-7-14-12-15-8-6-9-16(17(15)13-14)18-10-4-5-11-19-18;;;;/h4*4-6,8-13H,2-3,7H2,1H3;2*1H;;/q4*-1;;;2*+2/p-2. The number of unbranched alkanes of at least 4 members (excludes halogenated alkanes) is 4. The van der Waals surface area contributed by atoms with Crippen molar-refractivity contribution in [2.24, 2.45) is 0 Å². The first-order valence-corrected chi connectivity index (χ1v) is 27.9. The minimum Gasteiger partial charge on any atom is -1.00 e. The van der Waals surface area contributed by atoms with E-state index in [4.69, 9.17) is 0 Å². The molecule has 80 heavy (non-hydrogen) atoms. The van der Waals surface area contributed by atoms with Crippen LogP contribution in [-0.2, 0) is 78.1 Å². The van der Waals surface area contributed by atoms with Crippen molar-refractivity contribution < 1.29 is 77.2 Å². The summed E-state index contributed by atoms with van der Waals surface area (Å²) in [5, 5.41) is 10.6. The number of rotatable bonds is 16. The molecule has 0 spiro atoms. The molecule has 4 heterocycles. The molecule has 404 valence electrons. The van der Waals surface area contributed by atoms with Crippen molar-refractivity contribution >= 4 is 43.1 Å². The number of nitrogens with zero attached hydrogens (tertiary/aromatic N) is 4. The van der Waals surface area contributed by atoms with Crippen LogP contribution >= 0.6 is 0 Å². The fraction of sp³-hybridized carbons (Fsp3) is 0.222. The van der Waals surface area contributed by atoms with Gasteiger partial charge in [-0.2, -0.15) is 24.3 Å². The number of halogens is 2. The zero-order chi connectivity index (χ0) is 52.3. The number of aryl methyl sites for hydroxylation is 4. The first-order chi connectivity index (χ1) is 37.5. The monoisotopic (exact) mass is 1240 g/mol. The number of hydrogen-bond donors (Lipinski definition) is 0. The minimum absolute atomic E-state index is 0. The van der Waals surface area contributed by atoms with Crippen LogP contribution in [0.25, 0.3) is 88.1 Å². The van der Waals surface area contributed by atoms with Gasteiger partial charge in [0, 0.05) is 24.8 Å². The first-order valence-electron chi connectivity index (χ1n) is 27.9. The van der Waals surface area contributed by atoms with Crippen molar-refractivity contribution in [3.8, 4) is 45.0 Å². The molecule has 0 N–H and O–H groups in total. The normalized spacial score (nSPS) is 10.4. The van der Waals surface area contributed by atoms with Crippen LogP contribution in [0.3, 0.4) is 0 Å². The van der Waals surface area contributed by atoms with E-state index in [2.05, 4.69) is 193 Å². The number of pyridine rings is 4. The quantitative estimate of drug-likeness (QED) is 0.0905. The zero-order valence-corrected chi connectivity index (χ0v) is 53.2. The molecule has 0 radical (unpaired) electrons. The maximum absolute atomic E-state index is 4.47. The molecule has 0 unspecified atom stereocenters. The maximum Gasteiger partial charge on any atom is 2.00 e. The molecule has 0 fully saturated rings. The van der Waals surface area contributed by atoms with Gasteiger partial charge in [0.15, 0.2) is 0 Å². The zero-order valence-electron chi connectivity index (χ0n) is 46.8. The van der Waals surface area contributed by atoms with Crippen molar-refractivity contribution in [1.29, 1.82) is 0 Å². The molecule has 8 heteroatoms. The van der Waals surface area contributed by atoms with Gasteiger partial charge in [-0.3, -0.25) is 19.9 Å². The molecule has 0 saturated heterocycles. The summed E-state index contributed by atoms with van der Waals surface area (Å²) in [5.41, 5.74) is 15.0. The summed E-state index contributed by atoms with van der Waals surface area (Å²) >= 11 is 0. The molecule has 0 aliphatic carbocycles. The van der Waals surface area contributed by atoms with Gasteiger partial charge >= 0.3 is 52.4 Å². The molecule has 4 aromatic heterocycles. The Morgan fingerprint density at radius 2 is 0.512 bits per heavy atom. The van der Waals surface area contributed by atoms with Gasteiger partial charge in [0.05, 0.1) is 22.8 Å². The first kappa shape index (κ1) is 65.1. The van der Waals surface area contributed by atoms with E-state index in [0.717, 1.165) is 22.8 Å². The molecular formula is C72H72Cl2N4Zr2-2. The predicted molar refractivity (Wildman–Crippen MR) is 326 cm³/mol. The number of hydrogen-bond acceptors (Lipinski definition) is 4. The number of benzene rings is 4. The van der Waals surface area contributed by atoms with Crippen molar-refractivity contribution in [3.63, 3.8) is 0 Å². The van der Waals surface area contributed by atoms with Crippen molar-refractivity contribution in [1.82, 2.24) is 19.9 Å². The molecule has 0 bridgehead atoms. The third-order valence-corrected chi connectivity index (χ3v) is 14.3. The largest absolute Gasteiger partial charge is 2.00 e. The third-order valence-electron chi connectivity index (χ3n) is 14.3. The fourth-order valence-corrected chi connectivity index (χ4v) is 10.3. The molecule has 0 amide bonds. The second-order valence-electron chi connectivity index (χ2n) is 20.0. The Morgan fingerprint density at radius 1 is 0.287 bits per heavy atom. The van der Waals surface area contributed by atoms with Gasteiger partial charge in [-0.1, -0.05) is 128 Å². The van der Waals surface area contributed by atoms with Crippen LogP contribution in [-0.4, -0.2) is 19.9 Å².